The molecular weight excluding hydrogens is 280 g/mol. The lowest BCUT2D eigenvalue weighted by atomic mass is 9.74. The molecule has 0 heterocycles. The first-order chi connectivity index (χ1) is 9.99. The van der Waals surface area contributed by atoms with Gasteiger partial charge in [0, 0.05) is 22.7 Å². The van der Waals surface area contributed by atoms with Crippen LogP contribution >= 0.6 is 11.8 Å². The number of nitrogens with one attached hydrogen (secondary N) is 1. The molecule has 0 aromatic heterocycles. The highest BCUT2D eigenvalue weighted by Crippen LogP contribution is 2.31. The average Bonchev–Trinajstić information content (AvgIpc) is 2.45. The molecule has 1 aliphatic rings. The molecule has 116 valence electrons. The van der Waals surface area contributed by atoms with E-state index in [2.05, 4.69) is 36.5 Å². The van der Waals surface area contributed by atoms with Crippen LogP contribution in [0.5, 0.6) is 0 Å². The first kappa shape index (κ1) is 16.4. The highest BCUT2D eigenvalue weighted by Gasteiger charge is 2.37. The number of amides is 1. The van der Waals surface area contributed by atoms with E-state index >= 15 is 0 Å². The van der Waals surface area contributed by atoms with Crippen LogP contribution in [0.1, 0.15) is 38.2 Å². The van der Waals surface area contributed by atoms with E-state index in [1.165, 1.54) is 10.5 Å². The maximum Gasteiger partial charge on any atom is 0.224 e. The van der Waals surface area contributed by atoms with Crippen LogP contribution in [0.15, 0.2) is 29.2 Å². The Labute approximate surface area is 132 Å². The van der Waals surface area contributed by atoms with E-state index < -0.39 is 0 Å². The van der Waals surface area contributed by atoms with Crippen molar-refractivity contribution in [3.05, 3.63) is 29.8 Å². The third kappa shape index (κ3) is 4.75. The largest absolute Gasteiger partial charge is 0.355 e. The SMILES string of the molecule is Cc1ccc(SCCNC(=O)C2CCCCC2(C)N)cc1. The minimum atomic E-state index is -0.341. The maximum absolute atomic E-state index is 12.3. The monoisotopic (exact) mass is 306 g/mol. The second kappa shape index (κ2) is 7.32. The molecule has 3 nitrogen and oxygen atoms in total. The first-order valence-corrected chi connectivity index (χ1v) is 8.74. The fraction of sp³-hybridized carbons (Fsp3) is 0.588. The molecule has 1 aromatic rings. The van der Waals surface area contributed by atoms with Crippen LogP contribution in [-0.4, -0.2) is 23.7 Å². The van der Waals surface area contributed by atoms with Gasteiger partial charge < -0.3 is 11.1 Å². The summed E-state index contributed by atoms with van der Waals surface area (Å²) in [5.41, 5.74) is 7.20. The topological polar surface area (TPSA) is 55.1 Å². The number of hydrogen-bond donors (Lipinski definition) is 2. The van der Waals surface area contributed by atoms with Gasteiger partial charge in [-0.25, -0.2) is 0 Å². The summed E-state index contributed by atoms with van der Waals surface area (Å²) < 4.78 is 0. The van der Waals surface area contributed by atoms with Crippen LogP contribution in [0.4, 0.5) is 0 Å². The summed E-state index contributed by atoms with van der Waals surface area (Å²) in [5, 5.41) is 3.05. The third-order valence-corrected chi connectivity index (χ3v) is 5.28. The predicted molar refractivity (Wildman–Crippen MR) is 89.5 cm³/mol. The molecule has 0 aliphatic heterocycles. The number of benzene rings is 1. The van der Waals surface area contributed by atoms with Crippen LogP contribution in [0, 0.1) is 12.8 Å². The lowest BCUT2D eigenvalue weighted by Crippen LogP contribution is -2.53. The summed E-state index contributed by atoms with van der Waals surface area (Å²) in [6.45, 7) is 4.80. The van der Waals surface area contributed by atoms with Gasteiger partial charge in [0.25, 0.3) is 0 Å². The Balaban J connectivity index is 1.73. The first-order valence-electron chi connectivity index (χ1n) is 7.75. The number of rotatable bonds is 5. The molecular formula is C17H26N2OS. The van der Waals surface area contributed by atoms with E-state index in [-0.39, 0.29) is 17.4 Å². The lowest BCUT2D eigenvalue weighted by molar-refractivity contribution is -0.127. The van der Waals surface area contributed by atoms with Gasteiger partial charge in [-0.2, -0.15) is 0 Å². The quantitative estimate of drug-likeness (QED) is 0.649. The third-order valence-electron chi connectivity index (χ3n) is 4.26. The van der Waals surface area contributed by atoms with Gasteiger partial charge in [-0.1, -0.05) is 30.5 Å². The van der Waals surface area contributed by atoms with E-state index in [4.69, 9.17) is 5.73 Å². The van der Waals surface area contributed by atoms with Gasteiger partial charge >= 0.3 is 0 Å². The summed E-state index contributed by atoms with van der Waals surface area (Å²) in [5.74, 6) is 0.989. The Kier molecular flexibility index (Phi) is 5.71. The zero-order valence-electron chi connectivity index (χ0n) is 13.0. The molecule has 0 bridgehead atoms. The summed E-state index contributed by atoms with van der Waals surface area (Å²) in [7, 11) is 0. The Morgan fingerprint density at radius 3 is 2.76 bits per heavy atom. The second-order valence-corrected chi connectivity index (χ2v) is 7.43. The Morgan fingerprint density at radius 2 is 2.10 bits per heavy atom. The molecule has 1 aromatic carbocycles. The molecule has 1 amide bonds. The van der Waals surface area contributed by atoms with Gasteiger partial charge in [-0.15, -0.1) is 11.8 Å². The number of thioether (sulfide) groups is 1. The van der Waals surface area contributed by atoms with Crippen LogP contribution in [-0.2, 0) is 4.79 Å². The van der Waals surface area contributed by atoms with E-state index in [1.807, 2.05) is 6.92 Å². The second-order valence-electron chi connectivity index (χ2n) is 6.26. The van der Waals surface area contributed by atoms with Crippen molar-refractivity contribution in [1.29, 1.82) is 0 Å². The van der Waals surface area contributed by atoms with Crippen molar-refractivity contribution in [3.8, 4) is 0 Å². The van der Waals surface area contributed by atoms with Gasteiger partial charge in [0.05, 0.1) is 5.92 Å². The van der Waals surface area contributed by atoms with Crippen molar-refractivity contribution >= 4 is 17.7 Å². The van der Waals surface area contributed by atoms with Gasteiger partial charge in [-0.3, -0.25) is 4.79 Å². The highest BCUT2D eigenvalue weighted by molar-refractivity contribution is 7.99. The maximum atomic E-state index is 12.3. The number of carbonyl (C=O) groups is 1. The van der Waals surface area contributed by atoms with Crippen molar-refractivity contribution in [2.45, 2.75) is 50.0 Å². The highest BCUT2D eigenvalue weighted by atomic mass is 32.2. The summed E-state index contributed by atoms with van der Waals surface area (Å²) in [4.78, 5) is 13.5. The van der Waals surface area contributed by atoms with Crippen molar-refractivity contribution in [2.75, 3.05) is 12.3 Å². The average molecular weight is 306 g/mol. The fourth-order valence-electron chi connectivity index (χ4n) is 2.89. The van der Waals surface area contributed by atoms with E-state index in [0.29, 0.717) is 6.54 Å². The minimum Gasteiger partial charge on any atom is -0.355 e. The smallest absolute Gasteiger partial charge is 0.224 e. The number of hydrogen-bond acceptors (Lipinski definition) is 3. The number of aryl methyl sites for hydroxylation is 1. The standard InChI is InChI=1S/C17H26N2OS/c1-13-6-8-14(9-7-13)21-12-11-19-16(20)15-5-3-4-10-17(15,2)18/h6-9,15H,3-5,10-12,18H2,1-2H3,(H,19,20). The van der Waals surface area contributed by atoms with Crippen LogP contribution < -0.4 is 11.1 Å². The lowest BCUT2D eigenvalue weighted by Gasteiger charge is -2.37. The molecule has 0 spiro atoms. The summed E-state index contributed by atoms with van der Waals surface area (Å²) in [6.07, 6.45) is 4.12. The molecule has 0 radical (unpaired) electrons. The molecule has 2 rings (SSSR count). The minimum absolute atomic E-state index is 0.0318. The van der Waals surface area contributed by atoms with E-state index in [0.717, 1.165) is 31.4 Å². The van der Waals surface area contributed by atoms with Crippen LogP contribution in [0.2, 0.25) is 0 Å². The Hall–Kier alpha value is -1.00. The van der Waals surface area contributed by atoms with Gasteiger partial charge in [0.2, 0.25) is 5.91 Å². The van der Waals surface area contributed by atoms with Crippen molar-refractivity contribution in [3.63, 3.8) is 0 Å². The van der Waals surface area contributed by atoms with Gasteiger partial charge in [0.1, 0.15) is 0 Å². The molecule has 21 heavy (non-hydrogen) atoms. The van der Waals surface area contributed by atoms with Crippen molar-refractivity contribution in [1.82, 2.24) is 5.32 Å². The molecule has 3 N–H and O–H groups in total. The zero-order valence-corrected chi connectivity index (χ0v) is 13.8. The summed E-state index contributed by atoms with van der Waals surface area (Å²) in [6, 6.07) is 8.48. The molecule has 0 saturated heterocycles. The summed E-state index contributed by atoms with van der Waals surface area (Å²) >= 11 is 1.77. The predicted octanol–water partition coefficient (Wildman–Crippen LogP) is 3.11. The zero-order chi connectivity index (χ0) is 15.3. The normalized spacial score (nSPS) is 25.6. The fourth-order valence-corrected chi connectivity index (χ4v) is 3.66. The molecule has 1 fully saturated rings. The van der Waals surface area contributed by atoms with Crippen LogP contribution in [0.25, 0.3) is 0 Å². The van der Waals surface area contributed by atoms with Gasteiger partial charge in [-0.05, 0) is 38.8 Å². The molecule has 1 saturated carbocycles. The van der Waals surface area contributed by atoms with Gasteiger partial charge in [0.15, 0.2) is 0 Å². The number of carbonyl (C=O) groups excluding carboxylic acids is 1. The molecule has 2 unspecified atom stereocenters. The molecule has 4 heteroatoms. The van der Waals surface area contributed by atoms with Crippen LogP contribution in [0.3, 0.4) is 0 Å². The Morgan fingerprint density at radius 1 is 1.38 bits per heavy atom. The Bertz CT molecular complexity index is 470. The van der Waals surface area contributed by atoms with Crippen molar-refractivity contribution in [2.24, 2.45) is 11.7 Å². The van der Waals surface area contributed by atoms with Crippen molar-refractivity contribution < 1.29 is 4.79 Å². The number of nitrogens with two attached hydrogens (primary N) is 1. The van der Waals surface area contributed by atoms with E-state index in [9.17, 15) is 4.79 Å². The van der Waals surface area contributed by atoms with E-state index in [1.54, 1.807) is 11.8 Å². The molecule has 1 aliphatic carbocycles. The molecule has 2 atom stereocenters.